The Balaban J connectivity index is 0.000000160. The van der Waals surface area contributed by atoms with Crippen LogP contribution in [0, 0.1) is 11.3 Å². The van der Waals surface area contributed by atoms with Crippen molar-refractivity contribution in [1.29, 1.82) is 5.26 Å². The molecule has 108 valence electrons. The van der Waals surface area contributed by atoms with E-state index in [0.29, 0.717) is 11.1 Å². The third kappa shape index (κ3) is 3.81. The minimum Gasteiger partial charge on any atom is -0.398 e. The molecule has 0 radical (unpaired) electrons. The molecule has 1 heterocycles. The van der Waals surface area contributed by atoms with Gasteiger partial charge in [0.05, 0.1) is 17.1 Å². The van der Waals surface area contributed by atoms with E-state index in [4.69, 9.17) is 22.6 Å². The first-order valence-electron chi connectivity index (χ1n) is 6.41. The third-order valence-corrected chi connectivity index (χ3v) is 3.14. The van der Waals surface area contributed by atoms with Gasteiger partial charge in [-0.15, -0.1) is 0 Å². The van der Waals surface area contributed by atoms with E-state index in [1.54, 1.807) is 18.3 Å². The predicted octanol–water partition coefficient (Wildman–Crippen LogP) is 3.75. The Kier molecular flexibility index (Phi) is 5.07. The summed E-state index contributed by atoms with van der Waals surface area (Å²) in [6.45, 7) is 0. The van der Waals surface area contributed by atoms with Crippen LogP contribution in [0.15, 0.2) is 60.8 Å². The second-order valence-electron chi connectivity index (χ2n) is 4.38. The molecule has 0 spiro atoms. The molecule has 0 bridgehead atoms. The molecule has 3 rings (SSSR count). The van der Waals surface area contributed by atoms with E-state index in [1.807, 2.05) is 36.4 Å². The number of aromatic nitrogens is 1. The molecule has 5 heteroatoms. The van der Waals surface area contributed by atoms with E-state index in [1.165, 1.54) is 12.1 Å². The number of anilines is 1. The van der Waals surface area contributed by atoms with Crippen LogP contribution in [-0.4, -0.2) is 10.2 Å². The Bertz CT molecular complexity index is 833. The smallest absolute Gasteiger partial charge is 0.252 e. The SMILES string of the molecule is N#Cc1ccc(C(=O)Cl)cc1.Nc1ccnc2ccccc12. The fourth-order valence-corrected chi connectivity index (χ4v) is 1.92. The molecule has 2 aromatic carbocycles. The molecule has 4 nitrogen and oxygen atoms in total. The lowest BCUT2D eigenvalue weighted by molar-refractivity contribution is 0.108. The van der Waals surface area contributed by atoms with Crippen molar-refractivity contribution in [3.05, 3.63) is 71.9 Å². The number of nitrogen functional groups attached to an aromatic ring is 1. The summed E-state index contributed by atoms with van der Waals surface area (Å²) in [5.74, 6) is 0. The van der Waals surface area contributed by atoms with Gasteiger partial charge in [0, 0.05) is 22.8 Å². The monoisotopic (exact) mass is 309 g/mol. The van der Waals surface area contributed by atoms with Gasteiger partial charge in [0.1, 0.15) is 0 Å². The zero-order valence-electron chi connectivity index (χ0n) is 11.5. The molecule has 0 saturated carbocycles. The summed E-state index contributed by atoms with van der Waals surface area (Å²) >= 11 is 5.18. The molecule has 0 aliphatic carbocycles. The number of nitrogens with two attached hydrogens (primary N) is 1. The minimum atomic E-state index is -0.505. The van der Waals surface area contributed by atoms with Gasteiger partial charge in [-0.2, -0.15) is 5.26 Å². The van der Waals surface area contributed by atoms with E-state index in [2.05, 4.69) is 4.98 Å². The van der Waals surface area contributed by atoms with E-state index in [9.17, 15) is 4.79 Å². The maximum Gasteiger partial charge on any atom is 0.252 e. The molecule has 1 aromatic heterocycles. The first-order chi connectivity index (χ1) is 10.6. The Morgan fingerprint density at radius 1 is 1.09 bits per heavy atom. The van der Waals surface area contributed by atoms with Crippen LogP contribution < -0.4 is 5.73 Å². The normalized spacial score (nSPS) is 9.45. The summed E-state index contributed by atoms with van der Waals surface area (Å²) in [4.78, 5) is 14.7. The summed E-state index contributed by atoms with van der Waals surface area (Å²) < 4.78 is 0. The number of nitrogens with zero attached hydrogens (tertiary/aromatic N) is 2. The number of fused-ring (bicyclic) bond motifs is 1. The number of carbonyl (C=O) groups excluding carboxylic acids is 1. The lowest BCUT2D eigenvalue weighted by Crippen LogP contribution is -1.87. The number of rotatable bonds is 1. The zero-order valence-corrected chi connectivity index (χ0v) is 12.3. The van der Waals surface area contributed by atoms with Gasteiger partial charge in [0.25, 0.3) is 5.24 Å². The van der Waals surface area contributed by atoms with Crippen molar-refractivity contribution in [3.8, 4) is 6.07 Å². The average molecular weight is 310 g/mol. The number of carbonyl (C=O) groups is 1. The molecule has 0 atom stereocenters. The lowest BCUT2D eigenvalue weighted by atomic mass is 10.2. The van der Waals surface area contributed by atoms with Crippen LogP contribution in [0.25, 0.3) is 10.9 Å². The van der Waals surface area contributed by atoms with Gasteiger partial charge in [0.2, 0.25) is 0 Å². The van der Waals surface area contributed by atoms with Crippen LogP contribution in [0.1, 0.15) is 15.9 Å². The third-order valence-electron chi connectivity index (χ3n) is 2.92. The summed E-state index contributed by atoms with van der Waals surface area (Å²) in [5, 5.41) is 8.92. The van der Waals surface area contributed by atoms with Gasteiger partial charge in [-0.25, -0.2) is 0 Å². The molecule has 0 fully saturated rings. The highest BCUT2D eigenvalue weighted by molar-refractivity contribution is 6.67. The van der Waals surface area contributed by atoms with E-state index < -0.39 is 5.24 Å². The van der Waals surface area contributed by atoms with Crippen molar-refractivity contribution < 1.29 is 4.79 Å². The fourth-order valence-electron chi connectivity index (χ4n) is 1.79. The van der Waals surface area contributed by atoms with Crippen LogP contribution in [0.2, 0.25) is 0 Å². The molecule has 0 aliphatic rings. The van der Waals surface area contributed by atoms with E-state index >= 15 is 0 Å². The number of pyridine rings is 1. The van der Waals surface area contributed by atoms with E-state index in [0.717, 1.165) is 16.6 Å². The highest BCUT2D eigenvalue weighted by atomic mass is 35.5. The quantitative estimate of drug-likeness (QED) is 0.694. The topological polar surface area (TPSA) is 79.8 Å². The minimum absolute atomic E-state index is 0.408. The number of halogens is 1. The second-order valence-corrected chi connectivity index (χ2v) is 4.72. The molecule has 0 amide bonds. The molecule has 3 aromatic rings. The largest absolute Gasteiger partial charge is 0.398 e. The first kappa shape index (κ1) is 15.5. The molecular formula is C17H12ClN3O. The second kappa shape index (κ2) is 7.21. The van der Waals surface area contributed by atoms with Gasteiger partial charge in [-0.1, -0.05) is 18.2 Å². The summed E-state index contributed by atoms with van der Waals surface area (Å²) in [6.07, 6.45) is 1.72. The average Bonchev–Trinajstić information content (AvgIpc) is 2.56. The number of nitriles is 1. The molecule has 0 aliphatic heterocycles. The summed E-state index contributed by atoms with van der Waals surface area (Å²) in [5.41, 5.74) is 8.38. The Hall–Kier alpha value is -2.90. The van der Waals surface area contributed by atoms with Crippen LogP contribution in [-0.2, 0) is 0 Å². The molecular weight excluding hydrogens is 298 g/mol. The standard InChI is InChI=1S/C9H8N2.C8H4ClNO/c10-8-5-6-11-9-4-2-1-3-7(8)9;9-8(11)7-3-1-6(5-10)2-4-7/h1-6H,(H2,10,11);1-4H. The van der Waals surface area contributed by atoms with Gasteiger partial charge in [-0.05, 0) is 48.0 Å². The molecule has 0 saturated heterocycles. The number of para-hydroxylation sites is 1. The van der Waals surface area contributed by atoms with Crippen LogP contribution in [0.3, 0.4) is 0 Å². The van der Waals surface area contributed by atoms with Gasteiger partial charge < -0.3 is 5.73 Å². The van der Waals surface area contributed by atoms with Crippen molar-refractivity contribution in [2.75, 3.05) is 5.73 Å². The van der Waals surface area contributed by atoms with Crippen LogP contribution in [0.4, 0.5) is 5.69 Å². The highest BCUT2D eigenvalue weighted by Gasteiger charge is 1.99. The first-order valence-corrected chi connectivity index (χ1v) is 6.79. The lowest BCUT2D eigenvalue weighted by Gasteiger charge is -1.97. The Morgan fingerprint density at radius 3 is 2.36 bits per heavy atom. The summed E-state index contributed by atoms with van der Waals surface area (Å²) in [7, 11) is 0. The van der Waals surface area contributed by atoms with Crippen molar-refractivity contribution in [2.24, 2.45) is 0 Å². The Labute approximate surface area is 132 Å². The molecule has 2 N–H and O–H groups in total. The molecule has 22 heavy (non-hydrogen) atoms. The van der Waals surface area contributed by atoms with Gasteiger partial charge in [0.15, 0.2) is 0 Å². The van der Waals surface area contributed by atoms with Crippen molar-refractivity contribution in [1.82, 2.24) is 4.98 Å². The van der Waals surface area contributed by atoms with E-state index in [-0.39, 0.29) is 0 Å². The maximum atomic E-state index is 10.5. The van der Waals surface area contributed by atoms with Crippen molar-refractivity contribution in [2.45, 2.75) is 0 Å². The number of hydrogen-bond donors (Lipinski definition) is 1. The van der Waals surface area contributed by atoms with Gasteiger partial charge in [-0.3, -0.25) is 9.78 Å². The predicted molar refractivity (Wildman–Crippen MR) is 87.5 cm³/mol. The van der Waals surface area contributed by atoms with Gasteiger partial charge >= 0.3 is 0 Å². The van der Waals surface area contributed by atoms with Crippen molar-refractivity contribution in [3.63, 3.8) is 0 Å². The Morgan fingerprint density at radius 2 is 1.77 bits per heavy atom. The van der Waals surface area contributed by atoms with Crippen LogP contribution in [0.5, 0.6) is 0 Å². The number of hydrogen-bond acceptors (Lipinski definition) is 4. The van der Waals surface area contributed by atoms with Crippen LogP contribution >= 0.6 is 11.6 Å². The summed E-state index contributed by atoms with van der Waals surface area (Å²) in [6, 6.07) is 17.7. The fraction of sp³-hybridized carbons (Fsp3) is 0. The number of benzene rings is 2. The zero-order chi connectivity index (χ0) is 15.9. The highest BCUT2D eigenvalue weighted by Crippen LogP contribution is 2.16. The van der Waals surface area contributed by atoms with Crippen molar-refractivity contribution >= 4 is 33.4 Å². The maximum absolute atomic E-state index is 10.5. The molecule has 0 unspecified atom stereocenters.